The third-order valence-corrected chi connectivity index (χ3v) is 4.22. The molecule has 0 aromatic carbocycles. The number of hydrogen-bond donors (Lipinski definition) is 2. The van der Waals surface area contributed by atoms with Crippen molar-refractivity contribution in [2.24, 2.45) is 11.8 Å². The average Bonchev–Trinajstić information content (AvgIpc) is 2.61. The molecule has 0 bridgehead atoms. The Morgan fingerprint density at radius 1 is 1.33 bits per heavy atom. The minimum absolute atomic E-state index is 0.136. The molecule has 0 aromatic rings. The highest BCUT2D eigenvalue weighted by Crippen LogP contribution is 2.32. The fraction of sp³-hybridized carbons (Fsp3) is 0.818. The van der Waals surface area contributed by atoms with E-state index in [2.05, 4.69) is 5.32 Å². The van der Waals surface area contributed by atoms with Gasteiger partial charge >= 0.3 is 5.97 Å². The Morgan fingerprint density at radius 2 is 1.89 bits per heavy atom. The summed E-state index contributed by atoms with van der Waals surface area (Å²) in [6.45, 7) is 1.60. The SMILES string of the molecule is CC(CS(C)(=O)=O)NC(=O)[C@@H]1CCC[C@@H]1C(=O)O. The van der Waals surface area contributed by atoms with Crippen LogP contribution < -0.4 is 5.32 Å². The lowest BCUT2D eigenvalue weighted by molar-refractivity contribution is -0.146. The van der Waals surface area contributed by atoms with Gasteiger partial charge in [-0.05, 0) is 19.8 Å². The average molecular weight is 277 g/mol. The molecular formula is C11H19NO5S. The van der Waals surface area contributed by atoms with E-state index in [-0.39, 0.29) is 11.7 Å². The molecule has 1 unspecified atom stereocenters. The van der Waals surface area contributed by atoms with Gasteiger partial charge < -0.3 is 10.4 Å². The number of carbonyl (C=O) groups is 2. The second kappa shape index (κ2) is 5.69. The van der Waals surface area contributed by atoms with E-state index in [0.717, 1.165) is 12.7 Å². The number of nitrogens with one attached hydrogen (secondary N) is 1. The molecule has 18 heavy (non-hydrogen) atoms. The minimum Gasteiger partial charge on any atom is -0.481 e. The van der Waals surface area contributed by atoms with E-state index in [0.29, 0.717) is 12.8 Å². The first-order chi connectivity index (χ1) is 8.20. The number of aliphatic carboxylic acids is 1. The van der Waals surface area contributed by atoms with Crippen LogP contribution in [-0.4, -0.2) is 43.5 Å². The first-order valence-corrected chi connectivity index (χ1v) is 7.97. The molecule has 0 aromatic heterocycles. The Morgan fingerprint density at radius 3 is 2.39 bits per heavy atom. The van der Waals surface area contributed by atoms with Crippen LogP contribution in [0, 0.1) is 11.8 Å². The normalized spacial score (nSPS) is 25.7. The van der Waals surface area contributed by atoms with Crippen LogP contribution in [-0.2, 0) is 19.4 Å². The topological polar surface area (TPSA) is 101 Å². The largest absolute Gasteiger partial charge is 0.481 e. The van der Waals surface area contributed by atoms with Crippen molar-refractivity contribution < 1.29 is 23.1 Å². The third kappa shape index (κ3) is 4.29. The van der Waals surface area contributed by atoms with Gasteiger partial charge in [0.1, 0.15) is 9.84 Å². The second-order valence-corrected chi connectivity index (χ2v) is 7.17. The molecule has 0 radical (unpaired) electrons. The summed E-state index contributed by atoms with van der Waals surface area (Å²) >= 11 is 0. The molecule has 3 atom stereocenters. The van der Waals surface area contributed by atoms with Crippen molar-refractivity contribution in [2.75, 3.05) is 12.0 Å². The molecule has 6 nitrogen and oxygen atoms in total. The molecular weight excluding hydrogens is 258 g/mol. The van der Waals surface area contributed by atoms with Crippen LogP contribution in [0.2, 0.25) is 0 Å². The van der Waals surface area contributed by atoms with Crippen LogP contribution in [0.15, 0.2) is 0 Å². The van der Waals surface area contributed by atoms with Crippen LogP contribution in [0.25, 0.3) is 0 Å². The summed E-state index contributed by atoms with van der Waals surface area (Å²) in [7, 11) is -3.15. The van der Waals surface area contributed by atoms with E-state index < -0.39 is 33.7 Å². The van der Waals surface area contributed by atoms with Crippen LogP contribution in [0.3, 0.4) is 0 Å². The maximum Gasteiger partial charge on any atom is 0.307 e. The summed E-state index contributed by atoms with van der Waals surface area (Å²) in [6.07, 6.45) is 2.88. The lowest BCUT2D eigenvalue weighted by Crippen LogP contribution is -2.42. The van der Waals surface area contributed by atoms with Gasteiger partial charge in [0.2, 0.25) is 5.91 Å². The molecule has 1 amide bonds. The number of carboxylic acids is 1. The number of carbonyl (C=O) groups excluding carboxylic acids is 1. The third-order valence-electron chi connectivity index (χ3n) is 3.11. The fourth-order valence-electron chi connectivity index (χ4n) is 2.42. The van der Waals surface area contributed by atoms with Gasteiger partial charge in [-0.1, -0.05) is 6.42 Å². The molecule has 1 saturated carbocycles. The Kier molecular flexibility index (Phi) is 4.72. The molecule has 104 valence electrons. The Bertz CT molecular complexity index is 431. The summed E-state index contributed by atoms with van der Waals surface area (Å²) in [6, 6.07) is -0.498. The molecule has 1 aliphatic rings. The van der Waals surface area contributed by atoms with Gasteiger partial charge in [-0.15, -0.1) is 0 Å². The molecule has 1 rings (SSSR count). The maximum atomic E-state index is 11.9. The number of sulfone groups is 1. The highest BCUT2D eigenvalue weighted by atomic mass is 32.2. The van der Waals surface area contributed by atoms with Crippen molar-refractivity contribution in [3.05, 3.63) is 0 Å². The van der Waals surface area contributed by atoms with Gasteiger partial charge in [0.15, 0.2) is 0 Å². The van der Waals surface area contributed by atoms with Gasteiger partial charge in [-0.3, -0.25) is 9.59 Å². The molecule has 1 fully saturated rings. The highest BCUT2D eigenvalue weighted by Gasteiger charge is 2.38. The van der Waals surface area contributed by atoms with Crippen LogP contribution in [0.4, 0.5) is 0 Å². The van der Waals surface area contributed by atoms with Gasteiger partial charge in [0, 0.05) is 12.3 Å². The summed E-state index contributed by atoms with van der Waals surface area (Å²) in [4.78, 5) is 22.8. The number of amides is 1. The zero-order valence-corrected chi connectivity index (χ0v) is 11.4. The first-order valence-electron chi connectivity index (χ1n) is 5.91. The molecule has 0 spiro atoms. The fourth-order valence-corrected chi connectivity index (χ4v) is 3.41. The Hall–Kier alpha value is -1.11. The molecule has 1 aliphatic carbocycles. The minimum atomic E-state index is -3.15. The van der Waals surface area contributed by atoms with Crippen molar-refractivity contribution in [1.82, 2.24) is 5.32 Å². The lowest BCUT2D eigenvalue weighted by Gasteiger charge is -2.19. The Balaban J connectivity index is 2.57. The zero-order valence-electron chi connectivity index (χ0n) is 10.5. The van der Waals surface area contributed by atoms with Crippen molar-refractivity contribution in [2.45, 2.75) is 32.2 Å². The summed E-state index contributed by atoms with van der Waals surface area (Å²) in [5.41, 5.74) is 0. The second-order valence-electron chi connectivity index (χ2n) is 4.98. The number of carboxylic acid groups (broad SMARTS) is 1. The quantitative estimate of drug-likeness (QED) is 0.738. The van der Waals surface area contributed by atoms with E-state index in [1.54, 1.807) is 6.92 Å². The van der Waals surface area contributed by atoms with E-state index in [4.69, 9.17) is 5.11 Å². The summed E-state index contributed by atoms with van der Waals surface area (Å²) < 4.78 is 22.1. The van der Waals surface area contributed by atoms with Crippen molar-refractivity contribution in [3.63, 3.8) is 0 Å². The van der Waals surface area contributed by atoms with Crippen LogP contribution in [0.5, 0.6) is 0 Å². The van der Waals surface area contributed by atoms with Gasteiger partial charge in [-0.25, -0.2) is 8.42 Å². The zero-order chi connectivity index (χ0) is 13.9. The number of hydrogen-bond acceptors (Lipinski definition) is 4. The van der Waals surface area contributed by atoms with Crippen molar-refractivity contribution >= 4 is 21.7 Å². The number of rotatable bonds is 5. The summed E-state index contributed by atoms with van der Waals surface area (Å²) in [5, 5.41) is 11.6. The standard InChI is InChI=1S/C11H19NO5S/c1-7(6-18(2,16)17)12-10(13)8-4-3-5-9(8)11(14)15/h7-9H,3-6H2,1-2H3,(H,12,13)(H,14,15)/t7?,8-,9+/m1/s1. The van der Waals surface area contributed by atoms with Gasteiger partial charge in [-0.2, -0.15) is 0 Å². The molecule has 0 heterocycles. The smallest absolute Gasteiger partial charge is 0.307 e. The van der Waals surface area contributed by atoms with Crippen LogP contribution >= 0.6 is 0 Å². The van der Waals surface area contributed by atoms with Crippen LogP contribution in [0.1, 0.15) is 26.2 Å². The highest BCUT2D eigenvalue weighted by molar-refractivity contribution is 7.90. The predicted octanol–water partition coefficient (Wildman–Crippen LogP) is 0.0366. The van der Waals surface area contributed by atoms with Gasteiger partial charge in [0.25, 0.3) is 0 Å². The molecule has 0 aliphatic heterocycles. The van der Waals surface area contributed by atoms with E-state index >= 15 is 0 Å². The van der Waals surface area contributed by atoms with Crippen molar-refractivity contribution in [1.29, 1.82) is 0 Å². The summed E-state index contributed by atoms with van der Waals surface area (Å²) in [5.74, 6) is -2.62. The Labute approximate surface area is 107 Å². The maximum absolute atomic E-state index is 11.9. The van der Waals surface area contributed by atoms with Gasteiger partial charge in [0.05, 0.1) is 17.6 Å². The molecule has 7 heteroatoms. The molecule has 2 N–H and O–H groups in total. The first kappa shape index (κ1) is 14.9. The van der Waals surface area contributed by atoms with E-state index in [9.17, 15) is 18.0 Å². The predicted molar refractivity (Wildman–Crippen MR) is 65.8 cm³/mol. The monoisotopic (exact) mass is 277 g/mol. The van der Waals surface area contributed by atoms with E-state index in [1.165, 1.54) is 0 Å². The van der Waals surface area contributed by atoms with E-state index in [1.807, 2.05) is 0 Å². The van der Waals surface area contributed by atoms with Crippen molar-refractivity contribution in [3.8, 4) is 0 Å². The molecule has 0 saturated heterocycles. The lowest BCUT2D eigenvalue weighted by atomic mass is 9.95.